The fourth-order valence-corrected chi connectivity index (χ4v) is 0.300. The standard InChI is InChI=1S/C4H6N2O2.C3H6N2/c5-2-1-3-6-4(7)8;4-2-1-3-5/h6H,1,3H2,(H,7,8);1-2,4H2. The zero-order valence-corrected chi connectivity index (χ0v) is 7.25. The fourth-order valence-electron chi connectivity index (χ4n) is 0.300. The minimum Gasteiger partial charge on any atom is -0.530 e. The van der Waals surface area contributed by atoms with Gasteiger partial charge in [0.2, 0.25) is 0 Å². The fraction of sp³-hybridized carbons (Fsp3) is 0.571. The molecule has 0 saturated heterocycles. The molecule has 72 valence electrons. The van der Waals surface area contributed by atoms with Gasteiger partial charge in [0.05, 0.1) is 31.5 Å². The summed E-state index contributed by atoms with van der Waals surface area (Å²) in [6.07, 6.45) is -0.561. The van der Waals surface area contributed by atoms with Crippen LogP contribution in [-0.4, -0.2) is 19.2 Å². The van der Waals surface area contributed by atoms with Crippen LogP contribution < -0.4 is 16.2 Å². The number of carbonyl (C=O) groups is 1. The molecule has 13 heavy (non-hydrogen) atoms. The highest BCUT2D eigenvalue weighted by molar-refractivity contribution is 5.61. The van der Waals surface area contributed by atoms with E-state index in [1.54, 1.807) is 6.07 Å². The van der Waals surface area contributed by atoms with Crippen LogP contribution in [0.3, 0.4) is 0 Å². The van der Waals surface area contributed by atoms with Gasteiger partial charge in [-0.15, -0.1) is 0 Å². The predicted octanol–water partition coefficient (Wildman–Crippen LogP) is -2.03. The third-order valence-corrected chi connectivity index (χ3v) is 0.795. The number of nitrogens with one attached hydrogen (secondary N) is 1. The van der Waals surface area contributed by atoms with Crippen LogP contribution in [0.5, 0.6) is 0 Å². The molecule has 1 amide bonds. The van der Waals surface area contributed by atoms with Gasteiger partial charge in [0.15, 0.2) is 0 Å². The second-order valence-corrected chi connectivity index (χ2v) is 1.88. The smallest absolute Gasteiger partial charge is 0.134 e. The largest absolute Gasteiger partial charge is 0.530 e. The van der Waals surface area contributed by atoms with Gasteiger partial charge in [-0.05, 0) is 0 Å². The lowest BCUT2D eigenvalue weighted by Gasteiger charge is -2.00. The Morgan fingerprint density at radius 3 is 2.15 bits per heavy atom. The maximum atomic E-state index is 9.54. The first-order valence-electron chi connectivity index (χ1n) is 3.67. The second kappa shape index (κ2) is 12.8. The van der Waals surface area contributed by atoms with Gasteiger partial charge in [0.1, 0.15) is 6.09 Å². The number of amides is 1. The first-order chi connectivity index (χ1) is 6.18. The van der Waals surface area contributed by atoms with E-state index in [1.807, 2.05) is 11.4 Å². The van der Waals surface area contributed by atoms with Crippen molar-refractivity contribution >= 4 is 6.09 Å². The number of nitriles is 2. The molecule has 0 bridgehead atoms. The molecule has 4 N–H and O–H groups in total. The van der Waals surface area contributed by atoms with E-state index in [0.29, 0.717) is 6.42 Å². The van der Waals surface area contributed by atoms with Crippen molar-refractivity contribution in [3.63, 3.8) is 0 Å². The number of nitrogens with zero attached hydrogens (tertiary/aromatic N) is 2. The maximum Gasteiger partial charge on any atom is 0.134 e. The molecule has 0 radical (unpaired) electrons. The molecule has 0 aliphatic rings. The molecule has 0 aromatic rings. The van der Waals surface area contributed by atoms with E-state index in [4.69, 9.17) is 10.5 Å². The number of rotatable bonds is 3. The van der Waals surface area contributed by atoms with Crippen molar-refractivity contribution in [2.75, 3.05) is 13.1 Å². The van der Waals surface area contributed by atoms with Crippen LogP contribution >= 0.6 is 0 Å². The van der Waals surface area contributed by atoms with Crippen LogP contribution in [0.2, 0.25) is 0 Å². The highest BCUT2D eigenvalue weighted by Crippen LogP contribution is 1.66. The molecule has 0 rings (SSSR count). The van der Waals surface area contributed by atoms with Crippen molar-refractivity contribution in [1.29, 1.82) is 10.5 Å². The number of quaternary nitrogens is 1. The first-order valence-corrected chi connectivity index (χ1v) is 3.67. The molecule has 0 atom stereocenters. The van der Waals surface area contributed by atoms with Crippen LogP contribution in [0.25, 0.3) is 0 Å². The van der Waals surface area contributed by atoms with E-state index in [0.717, 1.165) is 6.54 Å². The molecule has 0 saturated carbocycles. The van der Waals surface area contributed by atoms with E-state index in [2.05, 4.69) is 5.73 Å². The Morgan fingerprint density at radius 2 is 1.92 bits per heavy atom. The Labute approximate surface area is 76.6 Å². The van der Waals surface area contributed by atoms with Gasteiger partial charge in [-0.25, -0.2) is 0 Å². The van der Waals surface area contributed by atoms with Crippen LogP contribution in [-0.2, 0) is 0 Å². The summed E-state index contributed by atoms with van der Waals surface area (Å²) in [6.45, 7) is 0.884. The van der Waals surface area contributed by atoms with Gasteiger partial charge in [0.25, 0.3) is 0 Å². The summed E-state index contributed by atoms with van der Waals surface area (Å²) in [5.74, 6) is 0. The van der Waals surface area contributed by atoms with E-state index in [1.165, 1.54) is 0 Å². The van der Waals surface area contributed by atoms with E-state index < -0.39 is 6.09 Å². The molecular formula is C7H12N4O2. The zero-order chi connectivity index (χ0) is 10.5. The molecule has 0 aromatic heterocycles. The van der Waals surface area contributed by atoms with Crippen LogP contribution in [0, 0.1) is 22.7 Å². The summed E-state index contributed by atoms with van der Waals surface area (Å²) in [6, 6.07) is 3.72. The highest BCUT2D eigenvalue weighted by Gasteiger charge is 1.80. The lowest BCUT2D eigenvalue weighted by molar-refractivity contribution is -0.365. The average molecular weight is 184 g/mol. The normalized spacial score (nSPS) is 7.00. The van der Waals surface area contributed by atoms with Gasteiger partial charge in [0, 0.05) is 6.54 Å². The van der Waals surface area contributed by atoms with Gasteiger partial charge >= 0.3 is 0 Å². The van der Waals surface area contributed by atoms with Crippen LogP contribution in [0.4, 0.5) is 4.79 Å². The van der Waals surface area contributed by atoms with Crippen LogP contribution in [0.15, 0.2) is 0 Å². The van der Waals surface area contributed by atoms with Gasteiger partial charge in [-0.3, -0.25) is 0 Å². The molecular weight excluding hydrogens is 172 g/mol. The van der Waals surface area contributed by atoms with Crippen molar-refractivity contribution in [2.24, 2.45) is 0 Å². The molecule has 6 heteroatoms. The monoisotopic (exact) mass is 184 g/mol. The lowest BCUT2D eigenvalue weighted by atomic mass is 10.5. The Bertz CT molecular complexity index is 204. The summed E-state index contributed by atoms with van der Waals surface area (Å²) >= 11 is 0. The summed E-state index contributed by atoms with van der Waals surface area (Å²) in [4.78, 5) is 9.54. The number of hydrogen-bond acceptors (Lipinski definition) is 4. The summed E-state index contributed by atoms with van der Waals surface area (Å²) in [7, 11) is 0. The van der Waals surface area contributed by atoms with Crippen molar-refractivity contribution in [1.82, 2.24) is 5.32 Å². The molecule has 0 aliphatic carbocycles. The molecule has 6 nitrogen and oxygen atoms in total. The Morgan fingerprint density at radius 1 is 1.38 bits per heavy atom. The third kappa shape index (κ3) is 25.4. The highest BCUT2D eigenvalue weighted by atomic mass is 16.4. The van der Waals surface area contributed by atoms with Gasteiger partial charge < -0.3 is 21.0 Å². The molecule has 0 fully saturated rings. The predicted molar refractivity (Wildman–Crippen MR) is 41.6 cm³/mol. The molecule has 0 heterocycles. The van der Waals surface area contributed by atoms with Gasteiger partial charge in [-0.1, -0.05) is 0 Å². The number of hydrogen-bond donors (Lipinski definition) is 2. The van der Waals surface area contributed by atoms with Crippen molar-refractivity contribution in [3.8, 4) is 12.1 Å². The van der Waals surface area contributed by atoms with E-state index in [9.17, 15) is 9.90 Å². The first kappa shape index (κ1) is 13.8. The lowest BCUT2D eigenvalue weighted by Crippen LogP contribution is -2.49. The number of carboxylic acid groups (broad SMARTS) is 1. The minimum absolute atomic E-state index is 0.152. The summed E-state index contributed by atoms with van der Waals surface area (Å²) < 4.78 is 0. The van der Waals surface area contributed by atoms with Gasteiger partial charge in [-0.2, -0.15) is 10.5 Å². The Hall–Kier alpha value is -1.79. The Balaban J connectivity index is 0. The van der Waals surface area contributed by atoms with Crippen molar-refractivity contribution in [2.45, 2.75) is 12.8 Å². The second-order valence-electron chi connectivity index (χ2n) is 1.88. The Kier molecular flexibility index (Phi) is 13.6. The zero-order valence-electron chi connectivity index (χ0n) is 7.25. The molecule has 0 spiro atoms. The topological polar surface area (TPSA) is 127 Å². The minimum atomic E-state index is -1.33. The van der Waals surface area contributed by atoms with E-state index in [-0.39, 0.29) is 13.0 Å². The quantitative estimate of drug-likeness (QED) is 0.490. The van der Waals surface area contributed by atoms with Crippen molar-refractivity contribution in [3.05, 3.63) is 0 Å². The van der Waals surface area contributed by atoms with Crippen molar-refractivity contribution < 1.29 is 15.6 Å². The van der Waals surface area contributed by atoms with Crippen LogP contribution in [0.1, 0.15) is 12.8 Å². The SMILES string of the molecule is N#CCCNC(=O)[O-].N#CCC[NH3+]. The number of carbonyl (C=O) groups excluding carboxylic acids is 1. The van der Waals surface area contributed by atoms with E-state index >= 15 is 0 Å². The maximum absolute atomic E-state index is 9.54. The third-order valence-electron chi connectivity index (χ3n) is 0.795. The summed E-state index contributed by atoms with van der Waals surface area (Å²) in [5, 5.41) is 27.1. The summed E-state index contributed by atoms with van der Waals surface area (Å²) in [5.41, 5.74) is 3.45. The average Bonchev–Trinajstić information content (AvgIpc) is 2.07. The molecule has 0 unspecified atom stereocenters. The molecule has 0 aliphatic heterocycles. The molecule has 0 aromatic carbocycles.